The lowest BCUT2D eigenvalue weighted by molar-refractivity contribution is 0.385. The van der Waals surface area contributed by atoms with Crippen molar-refractivity contribution in [3.8, 4) is 0 Å². The molecular weight excluding hydrogens is 136 g/mol. The van der Waals surface area contributed by atoms with Crippen LogP contribution in [0.3, 0.4) is 0 Å². The highest BCUT2D eigenvalue weighted by atomic mass is 15.2. The fraction of sp³-hybridized carbons (Fsp3) is 0.778. The summed E-state index contributed by atoms with van der Waals surface area (Å²) in [6, 6.07) is 0. The Hall–Kier alpha value is -0.660. The Balaban J connectivity index is 1.99. The number of nitrogens with two attached hydrogens (primary N) is 1. The van der Waals surface area contributed by atoms with E-state index in [0.717, 1.165) is 17.7 Å². The molecule has 2 aliphatic rings. The third-order valence-corrected chi connectivity index (χ3v) is 3.13. The van der Waals surface area contributed by atoms with Gasteiger partial charge in [-0.2, -0.15) is 0 Å². The van der Waals surface area contributed by atoms with Gasteiger partial charge in [-0.1, -0.05) is 13.0 Å². The molecule has 1 saturated heterocycles. The first-order chi connectivity index (χ1) is 5.27. The van der Waals surface area contributed by atoms with Gasteiger partial charge in [-0.15, -0.1) is 0 Å². The van der Waals surface area contributed by atoms with Crippen LogP contribution in [-0.4, -0.2) is 18.0 Å². The summed E-state index contributed by atoms with van der Waals surface area (Å²) in [5, 5.41) is 0. The SMILES string of the molecule is C=C(N)N1CC2CCCC2C1. The summed E-state index contributed by atoms with van der Waals surface area (Å²) in [6.07, 6.45) is 4.25. The van der Waals surface area contributed by atoms with Gasteiger partial charge in [-0.05, 0) is 24.7 Å². The van der Waals surface area contributed by atoms with Crippen molar-refractivity contribution in [3.05, 3.63) is 12.4 Å². The van der Waals surface area contributed by atoms with Gasteiger partial charge in [0, 0.05) is 13.1 Å². The molecule has 1 aliphatic heterocycles. The second-order valence-electron chi connectivity index (χ2n) is 3.85. The van der Waals surface area contributed by atoms with Crippen LogP contribution in [0, 0.1) is 11.8 Å². The largest absolute Gasteiger partial charge is 0.386 e. The maximum absolute atomic E-state index is 5.63. The fourth-order valence-electron chi connectivity index (χ4n) is 2.47. The van der Waals surface area contributed by atoms with Gasteiger partial charge in [-0.3, -0.25) is 0 Å². The first-order valence-electron chi connectivity index (χ1n) is 4.46. The molecule has 11 heavy (non-hydrogen) atoms. The molecule has 0 amide bonds. The van der Waals surface area contributed by atoms with E-state index in [1.54, 1.807) is 0 Å². The van der Waals surface area contributed by atoms with Crippen molar-refractivity contribution in [3.63, 3.8) is 0 Å². The monoisotopic (exact) mass is 152 g/mol. The van der Waals surface area contributed by atoms with E-state index in [2.05, 4.69) is 11.5 Å². The summed E-state index contributed by atoms with van der Waals surface area (Å²) in [5.41, 5.74) is 5.63. The van der Waals surface area contributed by atoms with Gasteiger partial charge in [0.2, 0.25) is 0 Å². The van der Waals surface area contributed by atoms with Gasteiger partial charge in [0.1, 0.15) is 0 Å². The van der Waals surface area contributed by atoms with Crippen LogP contribution in [-0.2, 0) is 0 Å². The van der Waals surface area contributed by atoms with Crippen LogP contribution in [0.15, 0.2) is 12.4 Å². The summed E-state index contributed by atoms with van der Waals surface area (Å²) >= 11 is 0. The average molecular weight is 152 g/mol. The second kappa shape index (κ2) is 2.43. The molecular formula is C9H16N2. The number of fused-ring (bicyclic) bond motifs is 1. The van der Waals surface area contributed by atoms with Crippen LogP contribution in [0.1, 0.15) is 19.3 Å². The van der Waals surface area contributed by atoms with Crippen LogP contribution < -0.4 is 5.73 Å². The number of hydrogen-bond donors (Lipinski definition) is 1. The highest BCUT2D eigenvalue weighted by Crippen LogP contribution is 2.38. The van der Waals surface area contributed by atoms with Crippen molar-refractivity contribution in [2.24, 2.45) is 17.6 Å². The van der Waals surface area contributed by atoms with Gasteiger partial charge >= 0.3 is 0 Å². The molecule has 2 N–H and O–H groups in total. The zero-order chi connectivity index (χ0) is 7.84. The van der Waals surface area contributed by atoms with Crippen LogP contribution in [0.5, 0.6) is 0 Å². The van der Waals surface area contributed by atoms with E-state index < -0.39 is 0 Å². The average Bonchev–Trinajstić information content (AvgIpc) is 2.40. The van der Waals surface area contributed by atoms with Crippen molar-refractivity contribution in [1.29, 1.82) is 0 Å². The molecule has 0 bridgehead atoms. The quantitative estimate of drug-likeness (QED) is 0.610. The predicted octanol–water partition coefficient (Wildman–Crippen LogP) is 1.15. The lowest BCUT2D eigenvalue weighted by Crippen LogP contribution is -2.25. The summed E-state index contributed by atoms with van der Waals surface area (Å²) in [6.45, 7) is 6.10. The molecule has 0 spiro atoms. The minimum atomic E-state index is 0.763. The molecule has 2 atom stereocenters. The van der Waals surface area contributed by atoms with Gasteiger partial charge < -0.3 is 10.6 Å². The zero-order valence-corrected chi connectivity index (χ0v) is 6.92. The molecule has 1 saturated carbocycles. The molecule has 1 heterocycles. The molecule has 2 heteroatoms. The lowest BCUT2D eigenvalue weighted by atomic mass is 10.0. The first kappa shape index (κ1) is 7.01. The van der Waals surface area contributed by atoms with Crippen LogP contribution >= 0.6 is 0 Å². The Morgan fingerprint density at radius 2 is 1.82 bits per heavy atom. The minimum absolute atomic E-state index is 0.763. The van der Waals surface area contributed by atoms with Crippen molar-refractivity contribution < 1.29 is 0 Å². The van der Waals surface area contributed by atoms with E-state index >= 15 is 0 Å². The molecule has 2 unspecified atom stereocenters. The molecule has 0 aromatic heterocycles. The van der Waals surface area contributed by atoms with E-state index in [1.165, 1.54) is 32.4 Å². The van der Waals surface area contributed by atoms with Gasteiger partial charge in [0.25, 0.3) is 0 Å². The van der Waals surface area contributed by atoms with E-state index in [0.29, 0.717) is 0 Å². The number of hydrogen-bond acceptors (Lipinski definition) is 2. The topological polar surface area (TPSA) is 29.3 Å². The van der Waals surface area contributed by atoms with Crippen molar-refractivity contribution >= 4 is 0 Å². The van der Waals surface area contributed by atoms with Crippen LogP contribution in [0.4, 0.5) is 0 Å². The maximum atomic E-state index is 5.63. The maximum Gasteiger partial charge on any atom is 0.0912 e. The Kier molecular flexibility index (Phi) is 1.55. The Labute approximate surface area is 68.1 Å². The molecule has 0 radical (unpaired) electrons. The molecule has 2 fully saturated rings. The van der Waals surface area contributed by atoms with Gasteiger partial charge in [-0.25, -0.2) is 0 Å². The predicted molar refractivity (Wildman–Crippen MR) is 45.7 cm³/mol. The van der Waals surface area contributed by atoms with E-state index in [9.17, 15) is 0 Å². The lowest BCUT2D eigenvalue weighted by Gasteiger charge is -2.17. The summed E-state index contributed by atoms with van der Waals surface area (Å²) in [7, 11) is 0. The van der Waals surface area contributed by atoms with Gasteiger partial charge in [0.15, 0.2) is 0 Å². The summed E-state index contributed by atoms with van der Waals surface area (Å²) < 4.78 is 0. The highest BCUT2D eigenvalue weighted by Gasteiger charge is 2.35. The standard InChI is InChI=1S/C9H16N2/c1-7(10)11-5-8-3-2-4-9(8)6-11/h8-9H,1-6,10H2. The first-order valence-corrected chi connectivity index (χ1v) is 4.46. The number of nitrogens with zero attached hydrogens (tertiary/aromatic N) is 1. The minimum Gasteiger partial charge on any atom is -0.386 e. The molecule has 1 aliphatic carbocycles. The van der Waals surface area contributed by atoms with E-state index in [4.69, 9.17) is 5.73 Å². The third kappa shape index (κ3) is 1.10. The Morgan fingerprint density at radius 1 is 1.27 bits per heavy atom. The molecule has 2 rings (SSSR count). The Morgan fingerprint density at radius 3 is 2.27 bits per heavy atom. The highest BCUT2D eigenvalue weighted by molar-refractivity contribution is 4.97. The Bertz CT molecular complexity index is 164. The van der Waals surface area contributed by atoms with Crippen LogP contribution in [0.2, 0.25) is 0 Å². The number of likely N-dealkylation sites (tertiary alicyclic amines) is 1. The molecule has 62 valence electrons. The summed E-state index contributed by atoms with van der Waals surface area (Å²) in [4.78, 5) is 2.23. The zero-order valence-electron chi connectivity index (χ0n) is 6.92. The third-order valence-electron chi connectivity index (χ3n) is 3.13. The molecule has 0 aromatic carbocycles. The fourth-order valence-corrected chi connectivity index (χ4v) is 2.47. The molecule has 2 nitrogen and oxygen atoms in total. The van der Waals surface area contributed by atoms with E-state index in [1.807, 2.05) is 0 Å². The van der Waals surface area contributed by atoms with Crippen molar-refractivity contribution in [1.82, 2.24) is 4.90 Å². The normalized spacial score (nSPS) is 35.8. The van der Waals surface area contributed by atoms with Gasteiger partial charge in [0.05, 0.1) is 5.82 Å². The van der Waals surface area contributed by atoms with Crippen LogP contribution in [0.25, 0.3) is 0 Å². The smallest absolute Gasteiger partial charge is 0.0912 e. The van der Waals surface area contributed by atoms with E-state index in [-0.39, 0.29) is 0 Å². The van der Waals surface area contributed by atoms with Crippen molar-refractivity contribution in [2.75, 3.05) is 13.1 Å². The number of rotatable bonds is 1. The second-order valence-corrected chi connectivity index (χ2v) is 3.85. The molecule has 0 aromatic rings. The van der Waals surface area contributed by atoms with Crippen molar-refractivity contribution in [2.45, 2.75) is 19.3 Å². The summed E-state index contributed by atoms with van der Waals surface area (Å²) in [5.74, 6) is 2.62.